The molecule has 0 spiro atoms. The first kappa shape index (κ1) is 38.7. The molecule has 53 heavy (non-hydrogen) atoms. The third-order valence-corrected chi connectivity index (χ3v) is 7.15. The highest BCUT2D eigenvalue weighted by atomic mass is 16.6. The van der Waals surface area contributed by atoms with Gasteiger partial charge in [-0.3, -0.25) is 9.59 Å². The quantitative estimate of drug-likeness (QED) is 0.0552. The summed E-state index contributed by atoms with van der Waals surface area (Å²) in [7, 11) is 8.68. The number of nitrogens with zero attached hydrogens (tertiary/aromatic N) is 2. The van der Waals surface area contributed by atoms with Gasteiger partial charge >= 0.3 is 11.9 Å². The van der Waals surface area contributed by atoms with Crippen molar-refractivity contribution < 1.29 is 57.1 Å². The molecule has 4 rings (SSSR count). The third kappa shape index (κ3) is 10.5. The van der Waals surface area contributed by atoms with Crippen molar-refractivity contribution in [2.45, 2.75) is 6.42 Å². The Labute approximate surface area is 304 Å². The Morgan fingerprint density at radius 1 is 0.472 bits per heavy atom. The highest BCUT2D eigenvalue weighted by Crippen LogP contribution is 2.32. The minimum absolute atomic E-state index is 0.148. The number of methoxy groups -OCH3 is 6. The standard InChI is InChI=1S/C37H36N4O12/c1-46-26-13-9-24(17-32(26)50-5)36(44)52-28-11-7-22(15-30(28)48-3)20-38-40-34(42)19-35(43)41-39-21-23-8-12-29(31(16-23)49-4)53-37(45)25-10-14-27(47-2)33(18-25)51-6/h7-18,20-21H,19H2,1-6H3,(H,40,42)(H,41,43). The number of hydrazone groups is 2. The van der Waals surface area contributed by atoms with Crippen LogP contribution in [0.5, 0.6) is 46.0 Å². The zero-order valence-corrected chi connectivity index (χ0v) is 29.6. The molecule has 2 N–H and O–H groups in total. The minimum atomic E-state index is -0.705. The highest BCUT2D eigenvalue weighted by molar-refractivity contribution is 5.98. The molecule has 0 aromatic heterocycles. The number of rotatable bonds is 16. The predicted octanol–water partition coefficient (Wildman–Crippen LogP) is 4.17. The van der Waals surface area contributed by atoms with Gasteiger partial charge < -0.3 is 37.9 Å². The topological polar surface area (TPSA) is 191 Å². The van der Waals surface area contributed by atoms with Crippen LogP contribution in [0.1, 0.15) is 38.3 Å². The minimum Gasteiger partial charge on any atom is -0.493 e. The number of nitrogens with one attached hydrogen (secondary N) is 2. The summed E-state index contributed by atoms with van der Waals surface area (Å²) < 4.78 is 42.5. The van der Waals surface area contributed by atoms with Gasteiger partial charge in [0.05, 0.1) is 66.2 Å². The van der Waals surface area contributed by atoms with Gasteiger partial charge in [-0.2, -0.15) is 10.2 Å². The van der Waals surface area contributed by atoms with E-state index in [-0.39, 0.29) is 34.1 Å². The zero-order chi connectivity index (χ0) is 38.3. The van der Waals surface area contributed by atoms with Crippen molar-refractivity contribution in [3.8, 4) is 46.0 Å². The van der Waals surface area contributed by atoms with E-state index >= 15 is 0 Å². The molecule has 0 unspecified atom stereocenters. The first-order chi connectivity index (χ1) is 25.6. The van der Waals surface area contributed by atoms with E-state index < -0.39 is 30.2 Å². The number of amides is 2. The summed E-state index contributed by atoms with van der Waals surface area (Å²) in [5.74, 6) is -0.294. The van der Waals surface area contributed by atoms with Gasteiger partial charge in [-0.25, -0.2) is 20.4 Å². The molecule has 0 aliphatic carbocycles. The monoisotopic (exact) mass is 728 g/mol. The molecule has 0 aliphatic heterocycles. The van der Waals surface area contributed by atoms with Crippen molar-refractivity contribution in [1.82, 2.24) is 10.9 Å². The Bertz CT molecular complexity index is 1890. The summed E-state index contributed by atoms with van der Waals surface area (Å²) in [5, 5.41) is 7.72. The van der Waals surface area contributed by atoms with Crippen LogP contribution >= 0.6 is 0 Å². The van der Waals surface area contributed by atoms with Crippen molar-refractivity contribution in [2.24, 2.45) is 10.2 Å². The zero-order valence-electron chi connectivity index (χ0n) is 29.6. The summed E-state index contributed by atoms with van der Waals surface area (Å²) in [5.41, 5.74) is 5.97. The Morgan fingerprint density at radius 2 is 0.811 bits per heavy atom. The molecule has 0 heterocycles. The third-order valence-electron chi connectivity index (χ3n) is 7.15. The van der Waals surface area contributed by atoms with E-state index in [9.17, 15) is 19.2 Å². The Kier molecular flexibility index (Phi) is 13.7. The lowest BCUT2D eigenvalue weighted by Crippen LogP contribution is -2.27. The lowest BCUT2D eigenvalue weighted by molar-refractivity contribution is -0.129. The largest absolute Gasteiger partial charge is 0.493 e. The Balaban J connectivity index is 1.27. The molecule has 16 nitrogen and oxygen atoms in total. The van der Waals surface area contributed by atoms with Gasteiger partial charge in [-0.05, 0) is 83.9 Å². The Morgan fingerprint density at radius 3 is 1.17 bits per heavy atom. The average Bonchev–Trinajstić information content (AvgIpc) is 3.17. The lowest BCUT2D eigenvalue weighted by atomic mass is 10.2. The first-order valence-corrected chi connectivity index (χ1v) is 15.5. The van der Waals surface area contributed by atoms with Gasteiger partial charge in [0.15, 0.2) is 46.0 Å². The van der Waals surface area contributed by atoms with E-state index in [0.29, 0.717) is 34.1 Å². The molecular formula is C37H36N4O12. The molecule has 0 bridgehead atoms. The van der Waals surface area contributed by atoms with Gasteiger partial charge in [-0.15, -0.1) is 0 Å². The SMILES string of the molecule is COc1ccc(C(=O)Oc2ccc(C=NNC(=O)CC(=O)NN=Cc3ccc(OC(=O)c4ccc(OC)c(OC)c4)c(OC)c3)cc2OC)cc1OC. The highest BCUT2D eigenvalue weighted by Gasteiger charge is 2.17. The van der Waals surface area contributed by atoms with Crippen LogP contribution in [0.4, 0.5) is 0 Å². The second-order valence-electron chi connectivity index (χ2n) is 10.5. The normalized spacial score (nSPS) is 10.7. The molecule has 16 heteroatoms. The molecule has 0 atom stereocenters. The van der Waals surface area contributed by atoms with Crippen LogP contribution in [0.25, 0.3) is 0 Å². The van der Waals surface area contributed by atoms with Crippen molar-refractivity contribution in [3.63, 3.8) is 0 Å². The summed E-state index contributed by atoms with van der Waals surface area (Å²) in [6.07, 6.45) is 2.06. The van der Waals surface area contributed by atoms with Gasteiger partial charge in [0.1, 0.15) is 6.42 Å². The van der Waals surface area contributed by atoms with Crippen LogP contribution in [-0.4, -0.2) is 78.8 Å². The fraction of sp³-hybridized carbons (Fsp3) is 0.189. The van der Waals surface area contributed by atoms with Crippen molar-refractivity contribution in [2.75, 3.05) is 42.7 Å². The van der Waals surface area contributed by atoms with Crippen LogP contribution in [-0.2, 0) is 9.59 Å². The molecule has 0 saturated heterocycles. The molecule has 0 radical (unpaired) electrons. The number of hydrogen-bond donors (Lipinski definition) is 2. The number of hydrogen-bond acceptors (Lipinski definition) is 14. The first-order valence-electron chi connectivity index (χ1n) is 15.5. The number of carbonyl (C=O) groups is 4. The maximum absolute atomic E-state index is 12.7. The molecule has 4 aromatic rings. The molecule has 4 aromatic carbocycles. The average molecular weight is 729 g/mol. The second-order valence-corrected chi connectivity index (χ2v) is 10.5. The van der Waals surface area contributed by atoms with Crippen LogP contribution in [0.15, 0.2) is 83.0 Å². The number of carbonyl (C=O) groups excluding carboxylic acids is 4. The van der Waals surface area contributed by atoms with Crippen molar-refractivity contribution in [1.29, 1.82) is 0 Å². The second kappa shape index (κ2) is 18.8. The predicted molar refractivity (Wildman–Crippen MR) is 191 cm³/mol. The van der Waals surface area contributed by atoms with Crippen LogP contribution in [0.3, 0.4) is 0 Å². The van der Waals surface area contributed by atoms with E-state index in [1.54, 1.807) is 24.3 Å². The molecule has 0 aliphatic rings. The van der Waals surface area contributed by atoms with Crippen molar-refractivity contribution >= 4 is 36.2 Å². The van der Waals surface area contributed by atoms with Crippen LogP contribution in [0.2, 0.25) is 0 Å². The van der Waals surface area contributed by atoms with Crippen LogP contribution in [0, 0.1) is 0 Å². The van der Waals surface area contributed by atoms with Crippen molar-refractivity contribution in [3.05, 3.63) is 95.1 Å². The fourth-order valence-corrected chi connectivity index (χ4v) is 4.52. The van der Waals surface area contributed by atoms with E-state index in [4.69, 9.17) is 37.9 Å². The van der Waals surface area contributed by atoms with Gasteiger partial charge in [0, 0.05) is 0 Å². The maximum atomic E-state index is 12.7. The van der Waals surface area contributed by atoms with E-state index in [0.717, 1.165) is 0 Å². The molecule has 0 saturated carbocycles. The number of esters is 2. The molecular weight excluding hydrogens is 692 g/mol. The van der Waals surface area contributed by atoms with E-state index in [1.807, 2.05) is 0 Å². The van der Waals surface area contributed by atoms with E-state index in [1.165, 1.54) is 104 Å². The molecule has 0 fully saturated rings. The lowest BCUT2D eigenvalue weighted by Gasteiger charge is -2.11. The summed E-state index contributed by atoms with van der Waals surface area (Å²) >= 11 is 0. The number of benzene rings is 4. The van der Waals surface area contributed by atoms with Gasteiger partial charge in [0.25, 0.3) is 0 Å². The van der Waals surface area contributed by atoms with Gasteiger partial charge in [-0.1, -0.05) is 0 Å². The maximum Gasteiger partial charge on any atom is 0.343 e. The van der Waals surface area contributed by atoms with Gasteiger partial charge in [0.2, 0.25) is 11.8 Å². The van der Waals surface area contributed by atoms with Crippen LogP contribution < -0.4 is 48.7 Å². The smallest absolute Gasteiger partial charge is 0.343 e. The molecule has 2 amide bonds. The summed E-state index contributed by atoms with van der Waals surface area (Å²) in [4.78, 5) is 50.0. The summed E-state index contributed by atoms with van der Waals surface area (Å²) in [6, 6.07) is 18.5. The fourth-order valence-electron chi connectivity index (χ4n) is 4.52. The van der Waals surface area contributed by atoms with E-state index in [2.05, 4.69) is 21.1 Å². The summed E-state index contributed by atoms with van der Waals surface area (Å²) in [6.45, 7) is 0. The molecule has 276 valence electrons. The number of ether oxygens (including phenoxy) is 8. The Hall–Kier alpha value is -7.10.